The highest BCUT2D eigenvalue weighted by atomic mass is 32.2. The molecule has 1 aliphatic heterocycles. The van der Waals surface area contributed by atoms with E-state index in [9.17, 15) is 13.5 Å². The molecule has 1 aromatic carbocycles. The van der Waals surface area contributed by atoms with E-state index in [2.05, 4.69) is 16.1 Å². The second kappa shape index (κ2) is 7.17. The first kappa shape index (κ1) is 16.9. The van der Waals surface area contributed by atoms with E-state index in [1.54, 1.807) is 18.2 Å². The lowest BCUT2D eigenvalue weighted by atomic mass is 10.1. The quantitative estimate of drug-likeness (QED) is 0.639. The van der Waals surface area contributed by atoms with Gasteiger partial charge in [-0.3, -0.25) is 0 Å². The lowest BCUT2D eigenvalue weighted by molar-refractivity contribution is 0.0444. The summed E-state index contributed by atoms with van der Waals surface area (Å²) in [5, 5.41) is 22.2. The fourth-order valence-electron chi connectivity index (χ4n) is 2.28. The SMILES string of the molecule is CS(=O)(=O)NCC1OCC(NCc2cccc(C#N)c2)C1O. The van der Waals surface area contributed by atoms with E-state index in [0.717, 1.165) is 11.8 Å². The third-order valence-corrected chi connectivity index (χ3v) is 4.15. The largest absolute Gasteiger partial charge is 0.389 e. The Labute approximate surface area is 130 Å². The maximum absolute atomic E-state index is 11.1. The van der Waals surface area contributed by atoms with Crippen LogP contribution in [0.15, 0.2) is 24.3 Å². The van der Waals surface area contributed by atoms with Gasteiger partial charge in [-0.25, -0.2) is 13.1 Å². The van der Waals surface area contributed by atoms with Crippen molar-refractivity contribution in [3.63, 3.8) is 0 Å². The molecule has 22 heavy (non-hydrogen) atoms. The van der Waals surface area contributed by atoms with Gasteiger partial charge in [-0.1, -0.05) is 12.1 Å². The molecule has 3 unspecified atom stereocenters. The van der Waals surface area contributed by atoms with Gasteiger partial charge in [0.25, 0.3) is 0 Å². The second-order valence-electron chi connectivity index (χ2n) is 5.28. The molecule has 2 rings (SSSR count). The predicted octanol–water partition coefficient (Wildman–Crippen LogP) is -0.675. The lowest BCUT2D eigenvalue weighted by Gasteiger charge is -2.18. The summed E-state index contributed by atoms with van der Waals surface area (Å²) in [6, 6.07) is 8.99. The molecule has 0 saturated carbocycles. The third kappa shape index (κ3) is 4.76. The highest BCUT2D eigenvalue weighted by Crippen LogP contribution is 2.15. The zero-order valence-corrected chi connectivity index (χ0v) is 13.0. The van der Waals surface area contributed by atoms with E-state index in [-0.39, 0.29) is 12.6 Å². The van der Waals surface area contributed by atoms with Crippen LogP contribution in [-0.2, 0) is 21.3 Å². The molecule has 3 atom stereocenters. The summed E-state index contributed by atoms with van der Waals surface area (Å²) in [6.07, 6.45) is -0.308. The number of nitrogens with zero attached hydrogens (tertiary/aromatic N) is 1. The minimum absolute atomic E-state index is 0.0437. The molecule has 0 aliphatic carbocycles. The second-order valence-corrected chi connectivity index (χ2v) is 7.12. The van der Waals surface area contributed by atoms with Gasteiger partial charge in [0.1, 0.15) is 0 Å². The molecule has 1 aromatic rings. The lowest BCUT2D eigenvalue weighted by Crippen LogP contribution is -2.44. The molecule has 1 saturated heterocycles. The van der Waals surface area contributed by atoms with Crippen LogP contribution in [0, 0.1) is 11.3 Å². The number of benzene rings is 1. The minimum atomic E-state index is -3.31. The summed E-state index contributed by atoms with van der Waals surface area (Å²) in [7, 11) is -3.31. The molecule has 0 aromatic heterocycles. The van der Waals surface area contributed by atoms with Gasteiger partial charge < -0.3 is 15.2 Å². The molecule has 0 spiro atoms. The first-order valence-corrected chi connectivity index (χ1v) is 8.75. The topological polar surface area (TPSA) is 111 Å². The molecule has 0 bridgehead atoms. The number of hydrogen-bond acceptors (Lipinski definition) is 6. The average molecular weight is 325 g/mol. The number of sulfonamides is 1. The van der Waals surface area contributed by atoms with Crippen LogP contribution in [0.4, 0.5) is 0 Å². The van der Waals surface area contributed by atoms with Crippen LogP contribution in [0.1, 0.15) is 11.1 Å². The van der Waals surface area contributed by atoms with E-state index in [0.29, 0.717) is 18.7 Å². The van der Waals surface area contributed by atoms with Crippen molar-refractivity contribution in [1.82, 2.24) is 10.0 Å². The number of nitriles is 1. The van der Waals surface area contributed by atoms with E-state index >= 15 is 0 Å². The number of aliphatic hydroxyl groups is 1. The maximum Gasteiger partial charge on any atom is 0.208 e. The molecular weight excluding hydrogens is 306 g/mol. The molecule has 1 fully saturated rings. The molecule has 7 nitrogen and oxygen atoms in total. The van der Waals surface area contributed by atoms with Crippen molar-refractivity contribution in [3.8, 4) is 6.07 Å². The maximum atomic E-state index is 11.1. The van der Waals surface area contributed by atoms with Crippen LogP contribution in [-0.4, -0.2) is 51.2 Å². The summed E-state index contributed by atoms with van der Waals surface area (Å²) >= 11 is 0. The predicted molar refractivity (Wildman–Crippen MR) is 80.4 cm³/mol. The first-order chi connectivity index (χ1) is 10.4. The fraction of sp³-hybridized carbons (Fsp3) is 0.500. The molecule has 120 valence electrons. The fourth-order valence-corrected chi connectivity index (χ4v) is 2.74. The van der Waals surface area contributed by atoms with Gasteiger partial charge in [0.2, 0.25) is 10.0 Å². The molecule has 0 radical (unpaired) electrons. The number of hydrogen-bond donors (Lipinski definition) is 3. The first-order valence-electron chi connectivity index (χ1n) is 6.86. The Balaban J connectivity index is 1.85. The van der Waals surface area contributed by atoms with Crippen LogP contribution in [0.2, 0.25) is 0 Å². The molecule has 1 aliphatic rings. The van der Waals surface area contributed by atoms with Crippen molar-refractivity contribution in [2.24, 2.45) is 0 Å². The van der Waals surface area contributed by atoms with E-state index in [1.807, 2.05) is 6.07 Å². The Hall–Kier alpha value is -1.50. The zero-order valence-electron chi connectivity index (χ0n) is 12.2. The van der Waals surface area contributed by atoms with Crippen LogP contribution < -0.4 is 10.0 Å². The van der Waals surface area contributed by atoms with E-state index in [1.165, 1.54) is 0 Å². The van der Waals surface area contributed by atoms with Gasteiger partial charge in [-0.2, -0.15) is 5.26 Å². The third-order valence-electron chi connectivity index (χ3n) is 3.45. The Morgan fingerprint density at radius 1 is 1.50 bits per heavy atom. The zero-order chi connectivity index (χ0) is 16.2. The average Bonchev–Trinajstić information content (AvgIpc) is 2.83. The van der Waals surface area contributed by atoms with Crippen LogP contribution in [0.5, 0.6) is 0 Å². The van der Waals surface area contributed by atoms with Gasteiger partial charge >= 0.3 is 0 Å². The van der Waals surface area contributed by atoms with Crippen molar-refractivity contribution in [1.29, 1.82) is 5.26 Å². The van der Waals surface area contributed by atoms with E-state index in [4.69, 9.17) is 10.00 Å². The van der Waals surface area contributed by atoms with Crippen molar-refractivity contribution in [2.45, 2.75) is 24.8 Å². The minimum Gasteiger partial charge on any atom is -0.389 e. The van der Waals surface area contributed by atoms with Crippen molar-refractivity contribution in [3.05, 3.63) is 35.4 Å². The van der Waals surface area contributed by atoms with Crippen molar-refractivity contribution < 1.29 is 18.3 Å². The molecule has 0 amide bonds. The molecular formula is C14H19N3O4S. The number of aliphatic hydroxyl groups excluding tert-OH is 1. The van der Waals surface area contributed by atoms with Crippen LogP contribution >= 0.6 is 0 Å². The standard InChI is InChI=1S/C14H19N3O4S/c1-22(19,20)17-8-13-14(18)12(9-21-13)16-7-11-4-2-3-10(5-11)6-15/h2-5,12-14,16-18H,7-9H2,1H3. The van der Waals surface area contributed by atoms with Gasteiger partial charge in [0.05, 0.1) is 42.7 Å². The molecule has 8 heteroatoms. The molecule has 3 N–H and O–H groups in total. The normalized spacial score (nSPS) is 25.0. The molecule has 1 heterocycles. The Bertz CT molecular complexity index is 656. The number of ether oxygens (including phenoxy) is 1. The smallest absolute Gasteiger partial charge is 0.208 e. The number of rotatable bonds is 6. The van der Waals surface area contributed by atoms with Crippen molar-refractivity contribution >= 4 is 10.0 Å². The summed E-state index contributed by atoms with van der Waals surface area (Å²) in [5.41, 5.74) is 1.52. The van der Waals surface area contributed by atoms with Gasteiger partial charge in [0.15, 0.2) is 0 Å². The van der Waals surface area contributed by atoms with E-state index < -0.39 is 22.2 Å². The van der Waals surface area contributed by atoms with Crippen LogP contribution in [0.25, 0.3) is 0 Å². The van der Waals surface area contributed by atoms with Gasteiger partial charge in [-0.05, 0) is 17.7 Å². The Kier molecular flexibility index (Phi) is 5.50. The number of nitrogens with one attached hydrogen (secondary N) is 2. The van der Waals surface area contributed by atoms with Crippen LogP contribution in [0.3, 0.4) is 0 Å². The Morgan fingerprint density at radius 3 is 2.95 bits per heavy atom. The summed E-state index contributed by atoms with van der Waals surface area (Å²) in [6.45, 7) is 0.837. The summed E-state index contributed by atoms with van der Waals surface area (Å²) < 4.78 is 29.9. The van der Waals surface area contributed by atoms with Gasteiger partial charge in [-0.15, -0.1) is 0 Å². The highest BCUT2D eigenvalue weighted by Gasteiger charge is 2.35. The highest BCUT2D eigenvalue weighted by molar-refractivity contribution is 7.88. The monoisotopic (exact) mass is 325 g/mol. The summed E-state index contributed by atoms with van der Waals surface area (Å²) in [4.78, 5) is 0. The Morgan fingerprint density at radius 2 is 2.27 bits per heavy atom. The van der Waals surface area contributed by atoms with Gasteiger partial charge in [0, 0.05) is 13.1 Å². The van der Waals surface area contributed by atoms with Crippen molar-refractivity contribution in [2.75, 3.05) is 19.4 Å². The summed E-state index contributed by atoms with van der Waals surface area (Å²) in [5.74, 6) is 0.